The third-order valence-corrected chi connectivity index (χ3v) is 3.26. The predicted molar refractivity (Wildman–Crippen MR) is 79.1 cm³/mol. The molecule has 5 nitrogen and oxygen atoms in total. The maximum absolute atomic E-state index is 11.3. The lowest BCUT2D eigenvalue weighted by Gasteiger charge is -2.22. The number of rotatable bonds is 5. The number of benzene rings is 1. The molecular formula is C15H22N2O3. The molecule has 2 rings (SSSR count). The van der Waals surface area contributed by atoms with Gasteiger partial charge in [0.15, 0.2) is 0 Å². The van der Waals surface area contributed by atoms with Gasteiger partial charge in [-0.1, -0.05) is 0 Å². The van der Waals surface area contributed by atoms with E-state index in [2.05, 4.69) is 10.6 Å². The molecule has 1 heterocycles. The minimum absolute atomic E-state index is 0.370. The Balaban J connectivity index is 1.77. The number of nitrogens with one attached hydrogen (secondary N) is 2. The van der Waals surface area contributed by atoms with Crippen molar-refractivity contribution in [2.24, 2.45) is 5.92 Å². The Labute approximate surface area is 119 Å². The second-order valence-corrected chi connectivity index (χ2v) is 4.89. The first-order valence-corrected chi connectivity index (χ1v) is 7.13. The van der Waals surface area contributed by atoms with Gasteiger partial charge in [0.2, 0.25) is 0 Å². The molecule has 0 aliphatic carbocycles. The molecule has 1 saturated heterocycles. The lowest BCUT2D eigenvalue weighted by Crippen LogP contribution is -2.24. The van der Waals surface area contributed by atoms with Crippen LogP contribution in [0.25, 0.3) is 0 Å². The summed E-state index contributed by atoms with van der Waals surface area (Å²) in [6.45, 7) is 4.81. The topological polar surface area (TPSA) is 59.6 Å². The van der Waals surface area contributed by atoms with Crippen molar-refractivity contribution in [3.63, 3.8) is 0 Å². The van der Waals surface area contributed by atoms with Crippen LogP contribution in [0, 0.1) is 5.92 Å². The standard InChI is InChI=1S/C15H22N2O3/c1-2-20-15(18)17-14-7-5-13(6-8-14)16-10-12-4-3-9-19-11-12/h5-8,12,16H,2-4,9-11H2,1H3,(H,17,18). The third-order valence-electron chi connectivity index (χ3n) is 3.26. The van der Waals surface area contributed by atoms with Crippen molar-refractivity contribution in [3.05, 3.63) is 24.3 Å². The van der Waals surface area contributed by atoms with E-state index in [9.17, 15) is 4.79 Å². The molecule has 0 aromatic heterocycles. The van der Waals surface area contributed by atoms with E-state index in [1.165, 1.54) is 6.42 Å². The molecule has 1 amide bonds. The number of hydrogen-bond donors (Lipinski definition) is 2. The summed E-state index contributed by atoms with van der Waals surface area (Å²) >= 11 is 0. The predicted octanol–water partition coefficient (Wildman–Crippen LogP) is 3.09. The fraction of sp³-hybridized carbons (Fsp3) is 0.533. The second-order valence-electron chi connectivity index (χ2n) is 4.89. The molecule has 1 fully saturated rings. The monoisotopic (exact) mass is 278 g/mol. The van der Waals surface area contributed by atoms with E-state index in [-0.39, 0.29) is 0 Å². The van der Waals surface area contributed by atoms with Crippen LogP contribution in [0.15, 0.2) is 24.3 Å². The van der Waals surface area contributed by atoms with Crippen LogP contribution in [0.2, 0.25) is 0 Å². The molecule has 1 aliphatic heterocycles. The van der Waals surface area contributed by atoms with Crippen molar-refractivity contribution in [2.45, 2.75) is 19.8 Å². The lowest BCUT2D eigenvalue weighted by atomic mass is 10.0. The molecule has 1 aliphatic rings. The maximum atomic E-state index is 11.3. The Kier molecular flexibility index (Phi) is 5.68. The molecule has 0 saturated carbocycles. The highest BCUT2D eigenvalue weighted by molar-refractivity contribution is 5.84. The number of hydrogen-bond acceptors (Lipinski definition) is 4. The zero-order valence-corrected chi connectivity index (χ0v) is 11.9. The minimum Gasteiger partial charge on any atom is -0.450 e. The number of carbonyl (C=O) groups is 1. The van der Waals surface area contributed by atoms with Crippen LogP contribution in [-0.2, 0) is 9.47 Å². The molecule has 5 heteroatoms. The third kappa shape index (κ3) is 4.74. The van der Waals surface area contributed by atoms with Crippen LogP contribution in [-0.4, -0.2) is 32.5 Å². The molecule has 0 radical (unpaired) electrons. The van der Waals surface area contributed by atoms with E-state index in [4.69, 9.17) is 9.47 Å². The number of ether oxygens (including phenoxy) is 2. The molecule has 1 aromatic rings. The van der Waals surface area contributed by atoms with Crippen LogP contribution < -0.4 is 10.6 Å². The molecule has 20 heavy (non-hydrogen) atoms. The molecule has 1 atom stereocenters. The van der Waals surface area contributed by atoms with E-state index in [1.54, 1.807) is 6.92 Å². The van der Waals surface area contributed by atoms with Gasteiger partial charge in [-0.25, -0.2) is 4.79 Å². The maximum Gasteiger partial charge on any atom is 0.411 e. The summed E-state index contributed by atoms with van der Waals surface area (Å²) in [5.41, 5.74) is 1.78. The zero-order valence-electron chi connectivity index (χ0n) is 11.9. The smallest absolute Gasteiger partial charge is 0.411 e. The average Bonchev–Trinajstić information content (AvgIpc) is 2.48. The SMILES string of the molecule is CCOC(=O)Nc1ccc(NCC2CCCOC2)cc1. The van der Waals surface area contributed by atoms with Crippen molar-refractivity contribution in [1.82, 2.24) is 0 Å². The summed E-state index contributed by atoms with van der Waals surface area (Å²) in [6.07, 6.45) is 1.94. The van der Waals surface area contributed by atoms with Gasteiger partial charge in [-0.2, -0.15) is 0 Å². The zero-order chi connectivity index (χ0) is 14.2. The van der Waals surface area contributed by atoms with Crippen molar-refractivity contribution >= 4 is 17.5 Å². The first-order valence-electron chi connectivity index (χ1n) is 7.13. The van der Waals surface area contributed by atoms with Gasteiger partial charge in [0.25, 0.3) is 0 Å². The number of carbonyl (C=O) groups excluding carboxylic acids is 1. The van der Waals surface area contributed by atoms with Crippen molar-refractivity contribution in [1.29, 1.82) is 0 Å². The molecule has 0 spiro atoms. The van der Waals surface area contributed by atoms with Crippen LogP contribution >= 0.6 is 0 Å². The molecule has 1 unspecified atom stereocenters. The highest BCUT2D eigenvalue weighted by Gasteiger charge is 2.13. The Morgan fingerprint density at radius 1 is 1.35 bits per heavy atom. The Hall–Kier alpha value is -1.75. The fourth-order valence-corrected chi connectivity index (χ4v) is 2.19. The summed E-state index contributed by atoms with van der Waals surface area (Å²) in [6, 6.07) is 7.61. The molecule has 2 N–H and O–H groups in total. The Bertz CT molecular complexity index is 414. The largest absolute Gasteiger partial charge is 0.450 e. The van der Waals surface area contributed by atoms with Gasteiger partial charge < -0.3 is 14.8 Å². The van der Waals surface area contributed by atoms with Gasteiger partial charge in [-0.3, -0.25) is 5.32 Å². The summed E-state index contributed by atoms with van der Waals surface area (Å²) < 4.78 is 10.3. The van der Waals surface area contributed by atoms with E-state index in [0.717, 1.165) is 37.6 Å². The average molecular weight is 278 g/mol. The Morgan fingerprint density at radius 2 is 2.10 bits per heavy atom. The summed E-state index contributed by atoms with van der Waals surface area (Å²) in [4.78, 5) is 11.3. The first kappa shape index (κ1) is 14.7. The van der Waals surface area contributed by atoms with Crippen molar-refractivity contribution < 1.29 is 14.3 Å². The molecular weight excluding hydrogens is 256 g/mol. The quantitative estimate of drug-likeness (QED) is 0.869. The van der Waals surface area contributed by atoms with Crippen LogP contribution in [0.1, 0.15) is 19.8 Å². The lowest BCUT2D eigenvalue weighted by molar-refractivity contribution is 0.0595. The van der Waals surface area contributed by atoms with Gasteiger partial charge in [0, 0.05) is 24.5 Å². The number of amides is 1. The molecule has 110 valence electrons. The first-order chi connectivity index (χ1) is 9.78. The fourth-order valence-electron chi connectivity index (χ4n) is 2.19. The normalized spacial score (nSPS) is 18.4. The Morgan fingerprint density at radius 3 is 2.75 bits per heavy atom. The van der Waals surface area contributed by atoms with Gasteiger partial charge in [-0.15, -0.1) is 0 Å². The van der Waals surface area contributed by atoms with Crippen LogP contribution in [0.3, 0.4) is 0 Å². The van der Waals surface area contributed by atoms with Gasteiger partial charge in [0.05, 0.1) is 13.2 Å². The van der Waals surface area contributed by atoms with Gasteiger partial charge >= 0.3 is 6.09 Å². The number of anilines is 2. The second kappa shape index (κ2) is 7.75. The van der Waals surface area contributed by atoms with Gasteiger partial charge in [0.1, 0.15) is 0 Å². The molecule has 1 aromatic carbocycles. The highest BCUT2D eigenvalue weighted by atomic mass is 16.5. The van der Waals surface area contributed by atoms with E-state index < -0.39 is 6.09 Å². The van der Waals surface area contributed by atoms with E-state index >= 15 is 0 Å². The summed E-state index contributed by atoms with van der Waals surface area (Å²) in [5, 5.41) is 6.06. The highest BCUT2D eigenvalue weighted by Crippen LogP contribution is 2.17. The summed E-state index contributed by atoms with van der Waals surface area (Å²) in [7, 11) is 0. The summed E-state index contributed by atoms with van der Waals surface area (Å²) in [5.74, 6) is 0.584. The van der Waals surface area contributed by atoms with E-state index in [1.807, 2.05) is 24.3 Å². The van der Waals surface area contributed by atoms with Gasteiger partial charge in [-0.05, 0) is 49.9 Å². The van der Waals surface area contributed by atoms with E-state index in [0.29, 0.717) is 12.5 Å². The van der Waals surface area contributed by atoms with Crippen LogP contribution in [0.4, 0.5) is 16.2 Å². The molecule has 0 bridgehead atoms. The van der Waals surface area contributed by atoms with Crippen molar-refractivity contribution in [2.75, 3.05) is 37.0 Å². The minimum atomic E-state index is -0.424. The van der Waals surface area contributed by atoms with Crippen molar-refractivity contribution in [3.8, 4) is 0 Å². The van der Waals surface area contributed by atoms with Crippen LogP contribution in [0.5, 0.6) is 0 Å².